The van der Waals surface area contributed by atoms with Crippen molar-refractivity contribution >= 4 is 5.97 Å². The lowest BCUT2D eigenvalue weighted by Gasteiger charge is -2.11. The van der Waals surface area contributed by atoms with Crippen LogP contribution in [0.15, 0.2) is 12.4 Å². The standard InChI is InChI=1S/C8H14N2O.C2HF3O2/c1-4-7(11-3)8-9-5-6-10(8)2;3-2(4,5)1(6)7/h5-7H,4H2,1-3H3;(H,6,7). The minimum atomic E-state index is -5.08. The van der Waals surface area contributed by atoms with E-state index in [9.17, 15) is 13.2 Å². The highest BCUT2D eigenvalue weighted by Crippen LogP contribution is 2.16. The molecule has 18 heavy (non-hydrogen) atoms. The Morgan fingerprint density at radius 1 is 1.61 bits per heavy atom. The average Bonchev–Trinajstić information content (AvgIpc) is 2.67. The molecule has 0 amide bonds. The largest absolute Gasteiger partial charge is 0.490 e. The van der Waals surface area contributed by atoms with Gasteiger partial charge in [-0.25, -0.2) is 9.78 Å². The van der Waals surface area contributed by atoms with Crippen molar-refractivity contribution in [3.8, 4) is 0 Å². The highest BCUT2D eigenvalue weighted by molar-refractivity contribution is 5.73. The van der Waals surface area contributed by atoms with Crippen LogP contribution in [-0.4, -0.2) is 33.9 Å². The smallest absolute Gasteiger partial charge is 0.475 e. The van der Waals surface area contributed by atoms with Gasteiger partial charge in [0.05, 0.1) is 0 Å². The summed E-state index contributed by atoms with van der Waals surface area (Å²) in [6.45, 7) is 2.09. The number of carboxylic acid groups (broad SMARTS) is 1. The second-order valence-electron chi connectivity index (χ2n) is 3.33. The van der Waals surface area contributed by atoms with E-state index in [1.54, 1.807) is 13.3 Å². The predicted octanol–water partition coefficient (Wildman–Crippen LogP) is 2.15. The summed E-state index contributed by atoms with van der Waals surface area (Å²) in [5.74, 6) is -1.76. The predicted molar refractivity (Wildman–Crippen MR) is 56.9 cm³/mol. The molecule has 1 heterocycles. The maximum atomic E-state index is 10.6. The Balaban J connectivity index is 0.000000360. The maximum absolute atomic E-state index is 10.6. The van der Waals surface area contributed by atoms with E-state index in [0.29, 0.717) is 0 Å². The van der Waals surface area contributed by atoms with Crippen LogP contribution in [-0.2, 0) is 16.6 Å². The third-order valence-corrected chi connectivity index (χ3v) is 2.04. The first-order valence-electron chi connectivity index (χ1n) is 5.04. The zero-order chi connectivity index (χ0) is 14.3. The molecule has 1 N–H and O–H groups in total. The van der Waals surface area contributed by atoms with Gasteiger partial charge in [-0.2, -0.15) is 13.2 Å². The van der Waals surface area contributed by atoms with E-state index in [-0.39, 0.29) is 6.10 Å². The zero-order valence-corrected chi connectivity index (χ0v) is 10.2. The van der Waals surface area contributed by atoms with Crippen molar-refractivity contribution in [1.29, 1.82) is 0 Å². The molecule has 0 aliphatic carbocycles. The van der Waals surface area contributed by atoms with Crippen LogP contribution in [0.5, 0.6) is 0 Å². The SMILES string of the molecule is CCC(OC)c1nccn1C.O=C(O)C(F)(F)F. The quantitative estimate of drug-likeness (QED) is 0.912. The summed E-state index contributed by atoms with van der Waals surface area (Å²) in [6, 6.07) is 0. The Bertz CT molecular complexity index is 373. The third-order valence-electron chi connectivity index (χ3n) is 2.04. The molecule has 0 saturated carbocycles. The van der Waals surface area contributed by atoms with Gasteiger partial charge >= 0.3 is 12.1 Å². The molecule has 1 rings (SSSR count). The number of nitrogens with zero attached hydrogens (tertiary/aromatic N) is 2. The highest BCUT2D eigenvalue weighted by atomic mass is 19.4. The summed E-state index contributed by atoms with van der Waals surface area (Å²) in [7, 11) is 3.69. The number of aryl methyl sites for hydroxylation is 1. The summed E-state index contributed by atoms with van der Waals surface area (Å²) >= 11 is 0. The van der Waals surface area contributed by atoms with Gasteiger partial charge in [-0.1, -0.05) is 6.92 Å². The first-order valence-corrected chi connectivity index (χ1v) is 5.04. The van der Waals surface area contributed by atoms with E-state index in [0.717, 1.165) is 12.2 Å². The van der Waals surface area contributed by atoms with Gasteiger partial charge in [0.25, 0.3) is 0 Å². The fourth-order valence-corrected chi connectivity index (χ4v) is 1.14. The fourth-order valence-electron chi connectivity index (χ4n) is 1.14. The Morgan fingerprint density at radius 3 is 2.33 bits per heavy atom. The Morgan fingerprint density at radius 2 is 2.11 bits per heavy atom. The van der Waals surface area contributed by atoms with Gasteiger partial charge in [0, 0.05) is 26.6 Å². The number of ether oxygens (including phenoxy) is 1. The van der Waals surface area contributed by atoms with E-state index in [1.807, 2.05) is 17.8 Å². The van der Waals surface area contributed by atoms with E-state index in [4.69, 9.17) is 14.6 Å². The molecule has 8 heteroatoms. The van der Waals surface area contributed by atoms with E-state index >= 15 is 0 Å². The van der Waals surface area contributed by atoms with Gasteiger partial charge in [-0.3, -0.25) is 0 Å². The van der Waals surface area contributed by atoms with Gasteiger partial charge in [0.2, 0.25) is 0 Å². The summed E-state index contributed by atoms with van der Waals surface area (Å²) in [4.78, 5) is 13.1. The normalized spacial score (nSPS) is 12.6. The van der Waals surface area contributed by atoms with Crippen LogP contribution in [0, 0.1) is 0 Å². The number of hydrogen-bond donors (Lipinski definition) is 1. The average molecular weight is 268 g/mol. The Kier molecular flexibility index (Phi) is 6.39. The lowest BCUT2D eigenvalue weighted by molar-refractivity contribution is -0.192. The van der Waals surface area contributed by atoms with Crippen LogP contribution in [0.4, 0.5) is 13.2 Å². The van der Waals surface area contributed by atoms with Gasteiger partial charge < -0.3 is 14.4 Å². The highest BCUT2D eigenvalue weighted by Gasteiger charge is 2.38. The van der Waals surface area contributed by atoms with Crippen LogP contribution in [0.1, 0.15) is 25.3 Å². The molecule has 0 saturated heterocycles. The number of carboxylic acids is 1. The summed E-state index contributed by atoms with van der Waals surface area (Å²) in [5, 5.41) is 7.12. The lowest BCUT2D eigenvalue weighted by Crippen LogP contribution is -2.21. The van der Waals surface area contributed by atoms with Crippen LogP contribution >= 0.6 is 0 Å². The molecule has 1 aromatic heterocycles. The molecular weight excluding hydrogens is 253 g/mol. The minimum Gasteiger partial charge on any atom is -0.475 e. The fraction of sp³-hybridized carbons (Fsp3) is 0.600. The number of imidazole rings is 1. The number of aromatic nitrogens is 2. The molecule has 0 spiro atoms. The molecule has 104 valence electrons. The second kappa shape index (κ2) is 7.00. The number of alkyl halides is 3. The number of rotatable bonds is 3. The first-order chi connectivity index (χ1) is 8.23. The summed E-state index contributed by atoms with van der Waals surface area (Å²) in [6.07, 6.45) is -0.273. The van der Waals surface area contributed by atoms with Crippen molar-refractivity contribution in [2.45, 2.75) is 25.6 Å². The number of halogens is 3. The molecule has 0 fully saturated rings. The molecule has 1 unspecified atom stereocenters. The number of methoxy groups -OCH3 is 1. The third kappa shape index (κ3) is 5.17. The van der Waals surface area contributed by atoms with Crippen molar-refractivity contribution in [3.63, 3.8) is 0 Å². The molecule has 0 aromatic carbocycles. The maximum Gasteiger partial charge on any atom is 0.490 e. The van der Waals surface area contributed by atoms with Crippen molar-refractivity contribution in [2.75, 3.05) is 7.11 Å². The van der Waals surface area contributed by atoms with Crippen LogP contribution in [0.3, 0.4) is 0 Å². The van der Waals surface area contributed by atoms with Gasteiger partial charge in [-0.05, 0) is 6.42 Å². The lowest BCUT2D eigenvalue weighted by atomic mass is 10.2. The van der Waals surface area contributed by atoms with Crippen molar-refractivity contribution in [1.82, 2.24) is 9.55 Å². The molecular formula is C10H15F3N2O3. The van der Waals surface area contributed by atoms with Gasteiger partial charge in [0.15, 0.2) is 0 Å². The van der Waals surface area contributed by atoms with E-state index in [2.05, 4.69) is 11.9 Å². The Hall–Kier alpha value is -1.57. The van der Waals surface area contributed by atoms with Crippen molar-refractivity contribution < 1.29 is 27.8 Å². The van der Waals surface area contributed by atoms with Crippen LogP contribution < -0.4 is 0 Å². The molecule has 0 aliphatic rings. The van der Waals surface area contributed by atoms with Crippen molar-refractivity contribution in [3.05, 3.63) is 18.2 Å². The zero-order valence-electron chi connectivity index (χ0n) is 10.2. The van der Waals surface area contributed by atoms with Crippen LogP contribution in [0.2, 0.25) is 0 Å². The first kappa shape index (κ1) is 16.4. The molecule has 0 radical (unpaired) electrons. The van der Waals surface area contributed by atoms with Gasteiger partial charge in [-0.15, -0.1) is 0 Å². The van der Waals surface area contributed by atoms with Crippen LogP contribution in [0.25, 0.3) is 0 Å². The topological polar surface area (TPSA) is 64.4 Å². The molecule has 1 atom stereocenters. The van der Waals surface area contributed by atoms with E-state index in [1.165, 1.54) is 0 Å². The molecule has 0 aliphatic heterocycles. The number of aliphatic carboxylic acids is 1. The summed E-state index contributed by atoms with van der Waals surface area (Å²) in [5.41, 5.74) is 0. The summed E-state index contributed by atoms with van der Waals surface area (Å²) < 4.78 is 39.0. The van der Waals surface area contributed by atoms with Crippen molar-refractivity contribution in [2.24, 2.45) is 7.05 Å². The Labute approximate surface area is 102 Å². The number of hydrogen-bond acceptors (Lipinski definition) is 3. The van der Waals surface area contributed by atoms with E-state index < -0.39 is 12.1 Å². The minimum absolute atomic E-state index is 0.134. The monoisotopic (exact) mass is 268 g/mol. The number of carbonyl (C=O) groups is 1. The molecule has 1 aromatic rings. The van der Waals surface area contributed by atoms with Gasteiger partial charge in [0.1, 0.15) is 11.9 Å². The molecule has 0 bridgehead atoms. The molecule has 5 nitrogen and oxygen atoms in total. The second-order valence-corrected chi connectivity index (χ2v) is 3.33.